The van der Waals surface area contributed by atoms with E-state index in [1.807, 2.05) is 0 Å². The summed E-state index contributed by atoms with van der Waals surface area (Å²) in [6.07, 6.45) is 5.96. The third kappa shape index (κ3) is 3.01. The quantitative estimate of drug-likeness (QED) is 0.494. The van der Waals surface area contributed by atoms with Gasteiger partial charge in [0.25, 0.3) is 0 Å². The van der Waals surface area contributed by atoms with Crippen molar-refractivity contribution in [2.45, 2.75) is 77.4 Å². The minimum atomic E-state index is -1.33. The second-order valence-corrected chi connectivity index (χ2v) is 9.19. The van der Waals surface area contributed by atoms with Crippen LogP contribution in [0.2, 0.25) is 0 Å². The molecule has 2 saturated carbocycles. The minimum absolute atomic E-state index is 0.0364. The molecule has 1 aromatic rings. The fraction of sp³-hybridized carbons (Fsp3) is 0.652. The second kappa shape index (κ2) is 7.16. The first kappa shape index (κ1) is 19.9. The van der Waals surface area contributed by atoms with E-state index in [1.165, 1.54) is 19.1 Å². The SMILES string of the molecule is Cc1ccc(COC23CCC(C4CCC(C)CC4)(CC2)C(F)=C3F)c(F)c1F. The molecule has 2 fully saturated rings. The number of rotatable bonds is 4. The van der Waals surface area contributed by atoms with Crippen LogP contribution in [0.1, 0.15) is 69.4 Å². The predicted molar refractivity (Wildman–Crippen MR) is 99.9 cm³/mol. The van der Waals surface area contributed by atoms with Gasteiger partial charge < -0.3 is 4.74 Å². The van der Waals surface area contributed by atoms with Gasteiger partial charge in [-0.2, -0.15) is 0 Å². The van der Waals surface area contributed by atoms with Crippen LogP contribution in [0.3, 0.4) is 0 Å². The molecule has 0 radical (unpaired) electrons. The largest absolute Gasteiger partial charge is 0.363 e. The summed E-state index contributed by atoms with van der Waals surface area (Å²) in [5.74, 6) is -2.49. The maximum atomic E-state index is 15.3. The lowest BCUT2D eigenvalue weighted by Crippen LogP contribution is -2.51. The molecule has 5 rings (SSSR count). The smallest absolute Gasteiger partial charge is 0.164 e. The van der Waals surface area contributed by atoms with Crippen molar-refractivity contribution in [3.63, 3.8) is 0 Å². The molecule has 0 amide bonds. The lowest BCUT2D eigenvalue weighted by Gasteiger charge is -2.54. The number of fused-ring (bicyclic) bond motifs is 2. The van der Waals surface area contributed by atoms with Gasteiger partial charge in [-0.05, 0) is 62.8 Å². The summed E-state index contributed by atoms with van der Waals surface area (Å²) in [5, 5.41) is 0. The van der Waals surface area contributed by atoms with Crippen LogP contribution in [0.15, 0.2) is 23.8 Å². The molecule has 0 heterocycles. The number of hydrogen-bond donors (Lipinski definition) is 0. The molecule has 0 aromatic heterocycles. The zero-order valence-corrected chi connectivity index (χ0v) is 16.6. The maximum absolute atomic E-state index is 15.3. The van der Waals surface area contributed by atoms with Crippen molar-refractivity contribution >= 4 is 0 Å². The summed E-state index contributed by atoms with van der Waals surface area (Å²) in [7, 11) is 0. The Bertz CT molecular complexity index is 784. The first-order valence-corrected chi connectivity index (χ1v) is 10.4. The maximum Gasteiger partial charge on any atom is 0.164 e. The van der Waals surface area contributed by atoms with Crippen LogP contribution in [0.4, 0.5) is 17.6 Å². The lowest BCUT2D eigenvalue weighted by molar-refractivity contribution is -0.121. The van der Waals surface area contributed by atoms with Gasteiger partial charge in [-0.3, -0.25) is 0 Å². The molecule has 0 unspecified atom stereocenters. The van der Waals surface area contributed by atoms with E-state index in [-0.39, 0.29) is 23.7 Å². The van der Waals surface area contributed by atoms with Crippen molar-refractivity contribution in [3.8, 4) is 0 Å². The molecular formula is C23H28F4O. The first-order chi connectivity index (χ1) is 13.3. The van der Waals surface area contributed by atoms with E-state index in [9.17, 15) is 8.78 Å². The Morgan fingerprint density at radius 3 is 2.18 bits per heavy atom. The van der Waals surface area contributed by atoms with Crippen LogP contribution in [0.5, 0.6) is 0 Å². The summed E-state index contributed by atoms with van der Waals surface area (Å²) >= 11 is 0. The minimum Gasteiger partial charge on any atom is -0.363 e. The number of benzene rings is 1. The van der Waals surface area contributed by atoms with E-state index < -0.39 is 34.3 Å². The Hall–Kier alpha value is -1.36. The fourth-order valence-corrected chi connectivity index (χ4v) is 5.58. The molecule has 4 aliphatic carbocycles. The topological polar surface area (TPSA) is 9.23 Å². The molecule has 5 heteroatoms. The second-order valence-electron chi connectivity index (χ2n) is 9.19. The molecule has 0 saturated heterocycles. The van der Waals surface area contributed by atoms with Gasteiger partial charge in [0, 0.05) is 11.0 Å². The lowest BCUT2D eigenvalue weighted by atomic mass is 9.54. The average Bonchev–Trinajstić information content (AvgIpc) is 2.70. The van der Waals surface area contributed by atoms with Crippen molar-refractivity contribution in [1.82, 2.24) is 0 Å². The molecule has 0 aliphatic heterocycles. The summed E-state index contributed by atoms with van der Waals surface area (Å²) in [6.45, 7) is 3.43. The molecule has 1 nitrogen and oxygen atoms in total. The van der Waals surface area contributed by atoms with Crippen molar-refractivity contribution in [3.05, 3.63) is 46.5 Å². The molecule has 154 valence electrons. The average molecular weight is 396 g/mol. The highest BCUT2D eigenvalue weighted by atomic mass is 19.2. The highest BCUT2D eigenvalue weighted by Crippen LogP contribution is 2.63. The van der Waals surface area contributed by atoms with Gasteiger partial charge in [-0.15, -0.1) is 0 Å². The van der Waals surface area contributed by atoms with E-state index in [4.69, 9.17) is 4.74 Å². The van der Waals surface area contributed by atoms with E-state index in [1.54, 1.807) is 0 Å². The molecule has 2 bridgehead atoms. The van der Waals surface area contributed by atoms with Crippen molar-refractivity contribution < 1.29 is 22.3 Å². The van der Waals surface area contributed by atoms with Gasteiger partial charge in [0.2, 0.25) is 0 Å². The number of ether oxygens (including phenoxy) is 1. The van der Waals surface area contributed by atoms with Crippen molar-refractivity contribution in [2.75, 3.05) is 0 Å². The molecule has 0 spiro atoms. The normalized spacial score (nSPS) is 35.5. The zero-order valence-electron chi connectivity index (χ0n) is 16.6. The van der Waals surface area contributed by atoms with Crippen LogP contribution in [-0.2, 0) is 11.3 Å². The van der Waals surface area contributed by atoms with Gasteiger partial charge in [-0.1, -0.05) is 31.9 Å². The van der Waals surface area contributed by atoms with Gasteiger partial charge in [0.15, 0.2) is 17.5 Å². The Kier molecular flexibility index (Phi) is 5.09. The van der Waals surface area contributed by atoms with Gasteiger partial charge in [0.05, 0.1) is 6.61 Å². The molecule has 0 N–H and O–H groups in total. The summed E-state index contributed by atoms with van der Waals surface area (Å²) < 4.78 is 64.1. The van der Waals surface area contributed by atoms with Crippen molar-refractivity contribution in [2.24, 2.45) is 17.3 Å². The van der Waals surface area contributed by atoms with Crippen LogP contribution >= 0.6 is 0 Å². The summed E-state index contributed by atoms with van der Waals surface area (Å²) in [4.78, 5) is 0. The third-order valence-electron chi connectivity index (χ3n) is 7.64. The highest BCUT2D eigenvalue weighted by molar-refractivity contribution is 5.31. The third-order valence-corrected chi connectivity index (χ3v) is 7.64. The van der Waals surface area contributed by atoms with Gasteiger partial charge >= 0.3 is 0 Å². The van der Waals surface area contributed by atoms with Crippen LogP contribution < -0.4 is 0 Å². The highest BCUT2D eigenvalue weighted by Gasteiger charge is 2.59. The van der Waals surface area contributed by atoms with Crippen LogP contribution in [0.25, 0.3) is 0 Å². The monoisotopic (exact) mass is 396 g/mol. The Morgan fingerprint density at radius 1 is 0.893 bits per heavy atom. The Labute approximate surface area is 164 Å². The Balaban J connectivity index is 1.55. The number of hydrogen-bond acceptors (Lipinski definition) is 1. The van der Waals surface area contributed by atoms with E-state index >= 15 is 8.78 Å². The summed E-state index contributed by atoms with van der Waals surface area (Å²) in [5.41, 5.74) is -1.77. The Morgan fingerprint density at radius 2 is 1.54 bits per heavy atom. The molecule has 28 heavy (non-hydrogen) atoms. The van der Waals surface area contributed by atoms with Crippen molar-refractivity contribution in [1.29, 1.82) is 0 Å². The number of halogens is 4. The van der Waals surface area contributed by atoms with Gasteiger partial charge in [0.1, 0.15) is 11.4 Å². The molecule has 4 aliphatic rings. The van der Waals surface area contributed by atoms with Gasteiger partial charge in [-0.25, -0.2) is 17.6 Å². The standard InChI is InChI=1S/C23H28F4O/c1-14-3-7-17(8-4-14)22-9-11-23(12-10-22,21(27)20(22)26)28-13-16-6-5-15(2)18(24)19(16)25/h5-6,14,17H,3-4,7-13H2,1-2H3. The number of aryl methyl sites for hydroxylation is 1. The van der Waals surface area contributed by atoms with E-state index in [0.29, 0.717) is 31.6 Å². The molecule has 1 aromatic carbocycles. The zero-order chi connectivity index (χ0) is 20.1. The molecule has 0 atom stereocenters. The first-order valence-electron chi connectivity index (χ1n) is 10.4. The van der Waals surface area contributed by atoms with E-state index in [0.717, 1.165) is 25.7 Å². The fourth-order valence-electron chi connectivity index (χ4n) is 5.58. The number of allylic oxidation sites excluding steroid dienone is 1. The van der Waals surface area contributed by atoms with Crippen LogP contribution in [-0.4, -0.2) is 5.60 Å². The van der Waals surface area contributed by atoms with E-state index in [2.05, 4.69) is 6.92 Å². The molecular weight excluding hydrogens is 368 g/mol. The predicted octanol–water partition coefficient (Wildman–Crippen LogP) is 7.08. The van der Waals surface area contributed by atoms with Crippen LogP contribution in [0, 0.1) is 35.8 Å². The summed E-state index contributed by atoms with van der Waals surface area (Å²) in [6, 6.07) is 2.92.